The Morgan fingerprint density at radius 1 is 1.04 bits per heavy atom. The first-order valence-corrected chi connectivity index (χ1v) is 9.65. The van der Waals surface area contributed by atoms with Crippen molar-refractivity contribution in [3.63, 3.8) is 0 Å². The van der Waals surface area contributed by atoms with Crippen LogP contribution in [0.25, 0.3) is 10.9 Å². The van der Waals surface area contributed by atoms with Gasteiger partial charge in [0, 0.05) is 37.7 Å². The van der Waals surface area contributed by atoms with Crippen LogP contribution in [0.3, 0.4) is 0 Å². The van der Waals surface area contributed by atoms with Gasteiger partial charge in [0.05, 0.1) is 11.3 Å². The molecule has 0 radical (unpaired) electrons. The first-order chi connectivity index (χ1) is 12.4. The van der Waals surface area contributed by atoms with E-state index in [-0.39, 0.29) is 23.8 Å². The Balaban J connectivity index is 1.73. The van der Waals surface area contributed by atoms with E-state index in [9.17, 15) is 13.2 Å². The summed E-state index contributed by atoms with van der Waals surface area (Å²) in [6.07, 6.45) is 2.06. The molecule has 3 aromatic rings. The maximum absolute atomic E-state index is 12.4. The van der Waals surface area contributed by atoms with E-state index in [1.807, 2.05) is 30.5 Å². The fraction of sp³-hybridized carbons (Fsp3) is 0.211. The molecule has 0 spiro atoms. The van der Waals surface area contributed by atoms with E-state index in [0.29, 0.717) is 5.56 Å². The van der Waals surface area contributed by atoms with E-state index in [1.54, 1.807) is 24.3 Å². The zero-order valence-corrected chi connectivity index (χ0v) is 15.5. The Bertz CT molecular complexity index is 1040. The molecule has 0 aliphatic carbocycles. The lowest BCUT2D eigenvalue weighted by Crippen LogP contribution is -2.27. The molecule has 1 amide bonds. The first kappa shape index (κ1) is 18.2. The van der Waals surface area contributed by atoms with Gasteiger partial charge in [-0.15, -0.1) is 0 Å². The van der Waals surface area contributed by atoms with Gasteiger partial charge in [0.15, 0.2) is 0 Å². The predicted molar refractivity (Wildman–Crippen MR) is 101 cm³/mol. The number of aromatic nitrogens is 1. The van der Waals surface area contributed by atoms with E-state index in [4.69, 9.17) is 0 Å². The minimum absolute atomic E-state index is 0.157. The molecule has 0 saturated heterocycles. The molecular weight excluding hydrogens is 350 g/mol. The van der Waals surface area contributed by atoms with Gasteiger partial charge in [0.2, 0.25) is 15.9 Å². The van der Waals surface area contributed by atoms with Gasteiger partial charge in [-0.3, -0.25) is 4.79 Å². The lowest BCUT2D eigenvalue weighted by Gasteiger charge is -2.15. The minimum atomic E-state index is -3.56. The van der Waals surface area contributed by atoms with Crippen LogP contribution in [0.1, 0.15) is 11.1 Å². The number of H-pyrrole nitrogens is 1. The van der Waals surface area contributed by atoms with Crippen LogP contribution in [0.15, 0.2) is 59.6 Å². The molecule has 0 saturated carbocycles. The molecule has 2 aromatic carbocycles. The number of nitrogens with zero attached hydrogens (tertiary/aromatic N) is 1. The summed E-state index contributed by atoms with van der Waals surface area (Å²) in [6.45, 7) is 0.157. The number of sulfonamides is 1. The topological polar surface area (TPSA) is 82.3 Å². The second-order valence-corrected chi connectivity index (χ2v) is 8.33. The summed E-state index contributed by atoms with van der Waals surface area (Å²) < 4.78 is 26.0. The van der Waals surface area contributed by atoms with Gasteiger partial charge in [-0.1, -0.05) is 36.4 Å². The molecule has 0 unspecified atom stereocenters. The fourth-order valence-electron chi connectivity index (χ4n) is 2.81. The molecule has 0 fully saturated rings. The number of fused-ring (bicyclic) bond motifs is 1. The Hall–Kier alpha value is -2.64. The van der Waals surface area contributed by atoms with Crippen LogP contribution in [-0.2, 0) is 27.8 Å². The van der Waals surface area contributed by atoms with Crippen molar-refractivity contribution in [2.75, 3.05) is 14.1 Å². The van der Waals surface area contributed by atoms with Crippen LogP contribution in [0.5, 0.6) is 0 Å². The molecule has 0 bridgehead atoms. The van der Waals surface area contributed by atoms with Gasteiger partial charge in [-0.25, -0.2) is 12.7 Å². The fourth-order valence-corrected chi connectivity index (χ4v) is 3.92. The summed E-state index contributed by atoms with van der Waals surface area (Å²) in [5.41, 5.74) is 2.46. The van der Waals surface area contributed by atoms with Crippen molar-refractivity contribution in [1.82, 2.24) is 14.6 Å². The molecular formula is C19H21N3O3S. The normalized spacial score (nSPS) is 11.8. The highest BCUT2D eigenvalue weighted by atomic mass is 32.2. The molecule has 1 aromatic heterocycles. The van der Waals surface area contributed by atoms with Gasteiger partial charge in [0.1, 0.15) is 0 Å². The summed E-state index contributed by atoms with van der Waals surface area (Å²) in [5.74, 6) is -0.160. The van der Waals surface area contributed by atoms with Gasteiger partial charge >= 0.3 is 0 Å². The van der Waals surface area contributed by atoms with E-state index < -0.39 is 10.0 Å². The lowest BCUT2D eigenvalue weighted by atomic mass is 10.1. The smallest absolute Gasteiger partial charge is 0.242 e. The maximum atomic E-state index is 12.4. The Labute approximate surface area is 152 Å². The van der Waals surface area contributed by atoms with Crippen LogP contribution in [0.4, 0.5) is 0 Å². The average molecular weight is 371 g/mol. The number of hydrogen-bond donors (Lipinski definition) is 2. The van der Waals surface area contributed by atoms with Gasteiger partial charge in [0.25, 0.3) is 0 Å². The largest absolute Gasteiger partial charge is 0.361 e. The second-order valence-electron chi connectivity index (χ2n) is 6.21. The number of rotatable bonds is 6. The number of aromatic amines is 1. The highest BCUT2D eigenvalue weighted by Crippen LogP contribution is 2.19. The third-order valence-corrected chi connectivity index (χ3v) is 6.15. The number of amides is 1. The number of hydrogen-bond acceptors (Lipinski definition) is 3. The lowest BCUT2D eigenvalue weighted by molar-refractivity contribution is -0.120. The maximum Gasteiger partial charge on any atom is 0.242 e. The highest BCUT2D eigenvalue weighted by molar-refractivity contribution is 7.89. The zero-order valence-electron chi connectivity index (χ0n) is 14.7. The zero-order chi connectivity index (χ0) is 18.7. The predicted octanol–water partition coefficient (Wildman–Crippen LogP) is 2.28. The Morgan fingerprint density at radius 2 is 1.73 bits per heavy atom. The molecule has 2 N–H and O–H groups in total. The third-order valence-electron chi connectivity index (χ3n) is 4.23. The molecule has 136 valence electrons. The van der Waals surface area contributed by atoms with Crippen molar-refractivity contribution in [3.05, 3.63) is 65.9 Å². The molecule has 6 nitrogen and oxygen atoms in total. The summed E-state index contributed by atoms with van der Waals surface area (Å²) in [5, 5.41) is 3.83. The van der Waals surface area contributed by atoms with E-state index in [1.165, 1.54) is 18.4 Å². The minimum Gasteiger partial charge on any atom is -0.361 e. The molecule has 0 aliphatic rings. The summed E-state index contributed by atoms with van der Waals surface area (Å²) in [4.78, 5) is 15.7. The van der Waals surface area contributed by atoms with Crippen LogP contribution in [0, 0.1) is 0 Å². The third kappa shape index (κ3) is 3.63. The molecule has 0 atom stereocenters. The van der Waals surface area contributed by atoms with Crippen LogP contribution < -0.4 is 5.32 Å². The highest BCUT2D eigenvalue weighted by Gasteiger charge is 2.20. The number of benzene rings is 2. The van der Waals surface area contributed by atoms with Crippen molar-refractivity contribution in [3.8, 4) is 0 Å². The van der Waals surface area contributed by atoms with Crippen molar-refractivity contribution in [2.45, 2.75) is 17.9 Å². The second kappa shape index (κ2) is 7.31. The molecule has 26 heavy (non-hydrogen) atoms. The van der Waals surface area contributed by atoms with Crippen LogP contribution in [0.2, 0.25) is 0 Å². The SMILES string of the molecule is CN(C)S(=O)(=O)c1ccccc1CNC(=O)Cc1c[nH]c2ccccc12. The molecule has 7 heteroatoms. The molecule has 0 aliphatic heterocycles. The van der Waals surface area contributed by atoms with Crippen LogP contribution >= 0.6 is 0 Å². The Kier molecular flexibility index (Phi) is 5.11. The van der Waals surface area contributed by atoms with E-state index in [2.05, 4.69) is 10.3 Å². The van der Waals surface area contributed by atoms with Gasteiger partial charge in [-0.05, 0) is 23.3 Å². The van der Waals surface area contributed by atoms with Crippen molar-refractivity contribution < 1.29 is 13.2 Å². The number of nitrogens with one attached hydrogen (secondary N) is 2. The van der Waals surface area contributed by atoms with E-state index in [0.717, 1.165) is 16.5 Å². The van der Waals surface area contributed by atoms with Gasteiger partial charge < -0.3 is 10.3 Å². The van der Waals surface area contributed by atoms with E-state index >= 15 is 0 Å². The summed E-state index contributed by atoms with van der Waals surface area (Å²) >= 11 is 0. The number of carbonyl (C=O) groups excluding carboxylic acids is 1. The quantitative estimate of drug-likeness (QED) is 0.697. The van der Waals surface area contributed by atoms with Crippen molar-refractivity contribution >= 4 is 26.8 Å². The summed E-state index contributed by atoms with van der Waals surface area (Å²) in [7, 11) is -0.582. The van der Waals surface area contributed by atoms with Crippen molar-refractivity contribution in [2.24, 2.45) is 0 Å². The Morgan fingerprint density at radius 3 is 2.50 bits per heavy atom. The molecule has 3 rings (SSSR count). The number of carbonyl (C=O) groups is 1. The average Bonchev–Trinajstić information content (AvgIpc) is 3.03. The van der Waals surface area contributed by atoms with Gasteiger partial charge in [-0.2, -0.15) is 0 Å². The standard InChI is InChI=1S/C19H21N3O3S/c1-22(2)26(24,25)18-10-6-3-7-14(18)12-21-19(23)11-15-13-20-17-9-5-4-8-16(15)17/h3-10,13,20H,11-12H2,1-2H3,(H,21,23). The van der Waals surface area contributed by atoms with Crippen molar-refractivity contribution in [1.29, 1.82) is 0 Å². The summed E-state index contributed by atoms with van der Waals surface area (Å²) in [6, 6.07) is 14.5. The number of para-hydroxylation sites is 1. The molecule has 1 heterocycles. The van der Waals surface area contributed by atoms with Crippen LogP contribution in [-0.4, -0.2) is 37.7 Å². The first-order valence-electron chi connectivity index (χ1n) is 8.21. The monoisotopic (exact) mass is 371 g/mol.